The SMILES string of the molecule is O=Cc1ccc(Br)cc1OCc1cccc(C(F)(F)F)c1. The molecule has 0 saturated heterocycles. The Balaban J connectivity index is 2.17. The van der Waals surface area contributed by atoms with Gasteiger partial charge in [-0.15, -0.1) is 0 Å². The molecule has 110 valence electrons. The van der Waals surface area contributed by atoms with Gasteiger partial charge in [0, 0.05) is 4.47 Å². The van der Waals surface area contributed by atoms with Crippen molar-refractivity contribution in [3.63, 3.8) is 0 Å². The van der Waals surface area contributed by atoms with Crippen molar-refractivity contribution in [1.29, 1.82) is 0 Å². The number of ether oxygens (including phenoxy) is 1. The standard InChI is InChI=1S/C15H10BrF3O2/c16-13-5-4-11(8-20)14(7-13)21-9-10-2-1-3-12(6-10)15(17,18)19/h1-8H,9H2. The van der Waals surface area contributed by atoms with E-state index in [1.165, 1.54) is 12.1 Å². The van der Waals surface area contributed by atoms with Gasteiger partial charge >= 0.3 is 6.18 Å². The lowest BCUT2D eigenvalue weighted by Crippen LogP contribution is -2.06. The van der Waals surface area contributed by atoms with Crippen molar-refractivity contribution in [3.05, 3.63) is 63.6 Å². The third-order valence-electron chi connectivity index (χ3n) is 2.75. The van der Waals surface area contributed by atoms with Gasteiger partial charge in [0.15, 0.2) is 6.29 Å². The van der Waals surface area contributed by atoms with Crippen LogP contribution in [0.2, 0.25) is 0 Å². The number of halogens is 4. The maximum Gasteiger partial charge on any atom is 0.416 e. The lowest BCUT2D eigenvalue weighted by Gasteiger charge is -2.11. The van der Waals surface area contributed by atoms with Crippen LogP contribution in [0.5, 0.6) is 5.75 Å². The van der Waals surface area contributed by atoms with Crippen molar-refractivity contribution in [2.75, 3.05) is 0 Å². The van der Waals surface area contributed by atoms with E-state index in [1.54, 1.807) is 18.2 Å². The summed E-state index contributed by atoms with van der Waals surface area (Å²) in [7, 11) is 0. The summed E-state index contributed by atoms with van der Waals surface area (Å²) in [5.74, 6) is 0.316. The van der Waals surface area contributed by atoms with E-state index in [2.05, 4.69) is 15.9 Å². The molecule has 0 unspecified atom stereocenters. The van der Waals surface area contributed by atoms with E-state index in [9.17, 15) is 18.0 Å². The maximum absolute atomic E-state index is 12.6. The molecule has 0 aliphatic heterocycles. The summed E-state index contributed by atoms with van der Waals surface area (Å²) >= 11 is 3.24. The lowest BCUT2D eigenvalue weighted by atomic mass is 10.1. The van der Waals surface area contributed by atoms with Crippen molar-refractivity contribution in [2.24, 2.45) is 0 Å². The van der Waals surface area contributed by atoms with Gasteiger partial charge in [-0.25, -0.2) is 0 Å². The predicted octanol–water partition coefficient (Wildman–Crippen LogP) is 4.86. The molecule has 0 heterocycles. The second-order valence-corrected chi connectivity index (χ2v) is 5.20. The van der Waals surface area contributed by atoms with E-state index in [1.807, 2.05) is 0 Å². The first-order valence-electron chi connectivity index (χ1n) is 5.94. The van der Waals surface area contributed by atoms with Gasteiger partial charge in [0.2, 0.25) is 0 Å². The monoisotopic (exact) mass is 358 g/mol. The van der Waals surface area contributed by atoms with Gasteiger partial charge in [0.25, 0.3) is 0 Å². The topological polar surface area (TPSA) is 26.3 Å². The highest BCUT2D eigenvalue weighted by Gasteiger charge is 2.30. The Morgan fingerprint density at radius 3 is 2.57 bits per heavy atom. The number of aldehydes is 1. The van der Waals surface area contributed by atoms with Gasteiger partial charge in [-0.1, -0.05) is 28.1 Å². The minimum atomic E-state index is -4.39. The number of benzene rings is 2. The molecule has 0 aromatic heterocycles. The zero-order valence-corrected chi connectivity index (χ0v) is 12.2. The van der Waals surface area contributed by atoms with Gasteiger partial charge in [-0.2, -0.15) is 13.2 Å². The number of alkyl halides is 3. The Labute approximate surface area is 127 Å². The van der Waals surface area contributed by atoms with Crippen LogP contribution in [0.4, 0.5) is 13.2 Å². The van der Waals surface area contributed by atoms with Crippen molar-refractivity contribution in [2.45, 2.75) is 12.8 Å². The van der Waals surface area contributed by atoms with Crippen LogP contribution in [0, 0.1) is 0 Å². The Bertz CT molecular complexity index is 654. The number of carbonyl (C=O) groups is 1. The van der Waals surface area contributed by atoms with Gasteiger partial charge in [-0.05, 0) is 35.9 Å². The molecule has 0 radical (unpaired) electrons. The first-order chi connectivity index (χ1) is 9.90. The van der Waals surface area contributed by atoms with E-state index in [0.717, 1.165) is 12.1 Å². The molecule has 0 amide bonds. The lowest BCUT2D eigenvalue weighted by molar-refractivity contribution is -0.137. The van der Waals surface area contributed by atoms with Gasteiger partial charge in [0.05, 0.1) is 11.1 Å². The molecule has 0 N–H and O–H groups in total. The molecule has 0 aliphatic rings. The van der Waals surface area contributed by atoms with Crippen LogP contribution >= 0.6 is 15.9 Å². The molecule has 2 aromatic rings. The molecule has 21 heavy (non-hydrogen) atoms. The van der Waals surface area contributed by atoms with E-state index in [4.69, 9.17) is 4.74 Å². The Hall–Kier alpha value is -1.82. The number of rotatable bonds is 4. The van der Waals surface area contributed by atoms with E-state index in [-0.39, 0.29) is 6.61 Å². The summed E-state index contributed by atoms with van der Waals surface area (Å²) in [6.07, 6.45) is -3.76. The average molecular weight is 359 g/mol. The van der Waals surface area contributed by atoms with E-state index < -0.39 is 11.7 Å². The molecule has 2 nitrogen and oxygen atoms in total. The summed E-state index contributed by atoms with van der Waals surface area (Å²) in [5.41, 5.74) is -0.0136. The predicted molar refractivity (Wildman–Crippen MR) is 75.3 cm³/mol. The average Bonchev–Trinajstić information content (AvgIpc) is 2.45. The summed E-state index contributed by atoms with van der Waals surface area (Å²) in [5, 5.41) is 0. The maximum atomic E-state index is 12.6. The molecular formula is C15H10BrF3O2. The van der Waals surface area contributed by atoms with Crippen LogP contribution in [0.25, 0.3) is 0 Å². The molecular weight excluding hydrogens is 349 g/mol. The Morgan fingerprint density at radius 2 is 1.90 bits per heavy atom. The van der Waals surface area contributed by atoms with Crippen LogP contribution in [-0.4, -0.2) is 6.29 Å². The normalized spacial score (nSPS) is 11.2. The Morgan fingerprint density at radius 1 is 1.14 bits per heavy atom. The summed E-state index contributed by atoms with van der Waals surface area (Å²) in [4.78, 5) is 10.9. The molecule has 0 spiro atoms. The quantitative estimate of drug-likeness (QED) is 0.729. The second kappa shape index (κ2) is 6.30. The highest BCUT2D eigenvalue weighted by atomic mass is 79.9. The van der Waals surface area contributed by atoms with Gasteiger partial charge in [0.1, 0.15) is 12.4 Å². The van der Waals surface area contributed by atoms with Gasteiger partial charge in [-0.3, -0.25) is 4.79 Å². The highest BCUT2D eigenvalue weighted by molar-refractivity contribution is 9.10. The second-order valence-electron chi connectivity index (χ2n) is 4.29. The number of carbonyl (C=O) groups excluding carboxylic acids is 1. The molecule has 2 rings (SSSR count). The zero-order chi connectivity index (χ0) is 15.5. The third-order valence-corrected chi connectivity index (χ3v) is 3.24. The molecule has 0 atom stereocenters. The Kier molecular flexibility index (Phi) is 4.67. The fourth-order valence-electron chi connectivity index (χ4n) is 1.73. The molecule has 0 bridgehead atoms. The molecule has 0 fully saturated rings. The van der Waals surface area contributed by atoms with Crippen molar-refractivity contribution >= 4 is 22.2 Å². The molecule has 2 aromatic carbocycles. The fraction of sp³-hybridized carbons (Fsp3) is 0.133. The highest BCUT2D eigenvalue weighted by Crippen LogP contribution is 2.30. The molecule has 6 heteroatoms. The van der Waals surface area contributed by atoms with Gasteiger partial charge < -0.3 is 4.74 Å². The molecule has 0 aliphatic carbocycles. The van der Waals surface area contributed by atoms with Crippen molar-refractivity contribution in [3.8, 4) is 5.75 Å². The van der Waals surface area contributed by atoms with E-state index in [0.29, 0.717) is 27.6 Å². The van der Waals surface area contributed by atoms with Crippen LogP contribution in [0.1, 0.15) is 21.5 Å². The summed E-state index contributed by atoms with van der Waals surface area (Å²) in [6.45, 7) is -0.0544. The largest absolute Gasteiger partial charge is 0.488 e. The first kappa shape index (κ1) is 15.6. The van der Waals surface area contributed by atoms with Crippen molar-refractivity contribution in [1.82, 2.24) is 0 Å². The molecule has 0 saturated carbocycles. The minimum absolute atomic E-state index is 0.0544. The third kappa shape index (κ3) is 4.07. The number of hydrogen-bond donors (Lipinski definition) is 0. The zero-order valence-electron chi connectivity index (χ0n) is 10.7. The van der Waals surface area contributed by atoms with Crippen LogP contribution in [0.3, 0.4) is 0 Å². The van der Waals surface area contributed by atoms with Crippen LogP contribution in [-0.2, 0) is 12.8 Å². The van der Waals surface area contributed by atoms with Crippen LogP contribution < -0.4 is 4.74 Å². The van der Waals surface area contributed by atoms with Crippen molar-refractivity contribution < 1.29 is 22.7 Å². The summed E-state index contributed by atoms with van der Waals surface area (Å²) < 4.78 is 44.0. The minimum Gasteiger partial charge on any atom is -0.488 e. The summed E-state index contributed by atoms with van der Waals surface area (Å²) in [6, 6.07) is 9.73. The van der Waals surface area contributed by atoms with E-state index >= 15 is 0 Å². The smallest absolute Gasteiger partial charge is 0.416 e. The fourth-order valence-corrected chi connectivity index (χ4v) is 2.07. The van der Waals surface area contributed by atoms with Crippen LogP contribution in [0.15, 0.2) is 46.9 Å². The number of hydrogen-bond acceptors (Lipinski definition) is 2. The first-order valence-corrected chi connectivity index (χ1v) is 6.73.